The van der Waals surface area contributed by atoms with Crippen molar-refractivity contribution in [3.8, 4) is 0 Å². The van der Waals surface area contributed by atoms with Gasteiger partial charge < -0.3 is 19.7 Å². The molecule has 1 saturated heterocycles. The smallest absolute Gasteiger partial charge is 0.254 e. The maximum Gasteiger partial charge on any atom is 0.254 e. The van der Waals surface area contributed by atoms with Crippen molar-refractivity contribution in [1.29, 1.82) is 0 Å². The zero-order valence-electron chi connectivity index (χ0n) is 16.6. The first-order valence-electron chi connectivity index (χ1n) is 9.01. The van der Waals surface area contributed by atoms with Gasteiger partial charge in [0, 0.05) is 58.5 Å². The van der Waals surface area contributed by atoms with Crippen molar-refractivity contribution in [2.75, 3.05) is 60.2 Å². The van der Waals surface area contributed by atoms with E-state index < -0.39 is 10.0 Å². The summed E-state index contributed by atoms with van der Waals surface area (Å²) in [7, 11) is -0.632. The van der Waals surface area contributed by atoms with Crippen molar-refractivity contribution in [1.82, 2.24) is 14.5 Å². The monoisotopic (exact) mass is 435 g/mol. The summed E-state index contributed by atoms with van der Waals surface area (Å²) in [5.74, 6) is -0.0800. The van der Waals surface area contributed by atoms with E-state index in [0.29, 0.717) is 25.3 Å². The van der Waals surface area contributed by atoms with Gasteiger partial charge in [-0.1, -0.05) is 0 Å². The first-order chi connectivity index (χ1) is 12.9. The molecule has 0 aromatic heterocycles. The second-order valence-corrected chi connectivity index (χ2v) is 8.40. The summed E-state index contributed by atoms with van der Waals surface area (Å²) in [4.78, 5) is 14.7. The lowest BCUT2D eigenvalue weighted by Gasteiger charge is -2.34. The number of methoxy groups -OCH3 is 2. The maximum atomic E-state index is 12.9. The zero-order chi connectivity index (χ0) is 19.9. The fourth-order valence-electron chi connectivity index (χ4n) is 2.97. The van der Waals surface area contributed by atoms with Crippen molar-refractivity contribution >= 4 is 28.3 Å². The standard InChI is InChI=1S/C18H29N3O5S.ClH/c1-15-14-19-8-9-21(15)18(22)16-4-6-17(7-5-16)27(23,24)20(10-12-25-2)11-13-26-3;/h4-7,15,19H,8-14H2,1-3H3;1H/t15-;/m0./s1. The molecule has 1 atom stereocenters. The number of hydrogen-bond acceptors (Lipinski definition) is 6. The molecule has 8 nitrogen and oxygen atoms in total. The minimum atomic E-state index is -3.69. The van der Waals surface area contributed by atoms with Gasteiger partial charge in [0.25, 0.3) is 5.91 Å². The molecular weight excluding hydrogens is 406 g/mol. The van der Waals surface area contributed by atoms with Crippen LogP contribution in [0.15, 0.2) is 29.2 Å². The number of ether oxygens (including phenoxy) is 2. The van der Waals surface area contributed by atoms with Crippen molar-refractivity contribution in [2.45, 2.75) is 17.9 Å². The van der Waals surface area contributed by atoms with Gasteiger partial charge in [0.2, 0.25) is 10.0 Å². The molecule has 2 rings (SSSR count). The van der Waals surface area contributed by atoms with Crippen molar-refractivity contribution in [3.05, 3.63) is 29.8 Å². The molecule has 1 amide bonds. The highest BCUT2D eigenvalue weighted by atomic mass is 35.5. The molecule has 28 heavy (non-hydrogen) atoms. The Morgan fingerprint density at radius 3 is 2.25 bits per heavy atom. The molecule has 0 unspecified atom stereocenters. The topological polar surface area (TPSA) is 88.2 Å². The Labute approximate surface area is 173 Å². The summed E-state index contributed by atoms with van der Waals surface area (Å²) >= 11 is 0. The molecule has 1 aromatic rings. The van der Waals surface area contributed by atoms with Gasteiger partial charge in [0.05, 0.1) is 18.1 Å². The van der Waals surface area contributed by atoms with Crippen LogP contribution in [0.2, 0.25) is 0 Å². The maximum absolute atomic E-state index is 12.9. The van der Waals surface area contributed by atoms with Gasteiger partial charge in [0.1, 0.15) is 0 Å². The fraction of sp³-hybridized carbons (Fsp3) is 0.611. The minimum Gasteiger partial charge on any atom is -0.383 e. The van der Waals surface area contributed by atoms with Crippen LogP contribution in [0.1, 0.15) is 17.3 Å². The molecule has 1 aromatic carbocycles. The van der Waals surface area contributed by atoms with E-state index in [9.17, 15) is 13.2 Å². The molecule has 1 fully saturated rings. The van der Waals surface area contributed by atoms with Gasteiger partial charge >= 0.3 is 0 Å². The predicted molar refractivity (Wildman–Crippen MR) is 110 cm³/mol. The quantitative estimate of drug-likeness (QED) is 0.618. The summed E-state index contributed by atoms with van der Waals surface area (Å²) in [5, 5.41) is 3.25. The predicted octanol–water partition coefficient (Wildman–Crippen LogP) is 0.826. The molecule has 1 heterocycles. The van der Waals surface area contributed by atoms with Gasteiger partial charge in [-0.15, -0.1) is 12.4 Å². The Balaban J connectivity index is 0.00000392. The third-order valence-corrected chi connectivity index (χ3v) is 6.50. The summed E-state index contributed by atoms with van der Waals surface area (Å²) in [5.41, 5.74) is 0.489. The molecule has 0 saturated carbocycles. The number of rotatable bonds is 9. The second-order valence-electron chi connectivity index (χ2n) is 6.47. The number of hydrogen-bond donors (Lipinski definition) is 1. The third kappa shape index (κ3) is 6.13. The van der Waals surface area contributed by atoms with E-state index in [4.69, 9.17) is 9.47 Å². The van der Waals surface area contributed by atoms with Gasteiger partial charge in [-0.2, -0.15) is 4.31 Å². The number of carbonyl (C=O) groups excluding carboxylic acids is 1. The van der Waals surface area contributed by atoms with Crippen LogP contribution in [0.3, 0.4) is 0 Å². The van der Waals surface area contributed by atoms with Gasteiger partial charge in [0.15, 0.2) is 0 Å². The van der Waals surface area contributed by atoms with Crippen LogP contribution in [0.4, 0.5) is 0 Å². The van der Waals surface area contributed by atoms with Crippen LogP contribution in [0.25, 0.3) is 0 Å². The summed E-state index contributed by atoms with van der Waals surface area (Å²) in [6, 6.07) is 6.24. The van der Waals surface area contributed by atoms with Gasteiger partial charge in [-0.05, 0) is 31.2 Å². The fourth-order valence-corrected chi connectivity index (χ4v) is 4.37. The number of amides is 1. The molecule has 0 radical (unpaired) electrons. The van der Waals surface area contributed by atoms with Crippen LogP contribution in [0, 0.1) is 0 Å². The first-order valence-corrected chi connectivity index (χ1v) is 10.5. The largest absolute Gasteiger partial charge is 0.383 e. The zero-order valence-corrected chi connectivity index (χ0v) is 18.2. The Hall–Kier alpha value is -1.23. The van der Waals surface area contributed by atoms with Gasteiger partial charge in [-0.3, -0.25) is 4.79 Å². The number of sulfonamides is 1. The molecule has 160 valence electrons. The average Bonchev–Trinajstić information content (AvgIpc) is 2.68. The summed E-state index contributed by atoms with van der Waals surface area (Å²) < 4.78 is 37.1. The second kappa shape index (κ2) is 11.7. The van der Waals surface area contributed by atoms with E-state index in [2.05, 4.69) is 5.32 Å². The Bertz CT molecular complexity index is 706. The Kier molecular flexibility index (Phi) is 10.4. The highest BCUT2D eigenvalue weighted by Gasteiger charge is 2.26. The molecule has 10 heteroatoms. The van der Waals surface area contributed by atoms with E-state index in [1.165, 1.54) is 30.7 Å². The molecule has 1 aliphatic rings. The van der Waals surface area contributed by atoms with E-state index in [-0.39, 0.29) is 42.3 Å². The lowest BCUT2D eigenvalue weighted by Crippen LogP contribution is -2.52. The number of nitrogens with zero attached hydrogens (tertiary/aromatic N) is 2. The van der Waals surface area contributed by atoms with Crippen LogP contribution < -0.4 is 5.32 Å². The molecule has 0 aliphatic carbocycles. The number of halogens is 1. The lowest BCUT2D eigenvalue weighted by molar-refractivity contribution is 0.0655. The number of carbonyl (C=O) groups is 1. The van der Waals surface area contributed by atoms with Crippen LogP contribution in [-0.2, 0) is 19.5 Å². The molecular formula is C18H30ClN3O5S. The Morgan fingerprint density at radius 2 is 1.75 bits per heavy atom. The molecule has 0 bridgehead atoms. The highest BCUT2D eigenvalue weighted by molar-refractivity contribution is 7.89. The minimum absolute atomic E-state index is 0. The van der Waals surface area contributed by atoms with Crippen molar-refractivity contribution < 1.29 is 22.7 Å². The third-order valence-electron chi connectivity index (χ3n) is 4.59. The Morgan fingerprint density at radius 1 is 1.18 bits per heavy atom. The van der Waals surface area contributed by atoms with Crippen molar-refractivity contribution in [3.63, 3.8) is 0 Å². The van der Waals surface area contributed by atoms with Gasteiger partial charge in [-0.25, -0.2) is 8.42 Å². The SMILES string of the molecule is COCCN(CCOC)S(=O)(=O)c1ccc(C(=O)N2CCNC[C@@H]2C)cc1.Cl. The summed E-state index contributed by atoms with van der Waals surface area (Å²) in [6.45, 7) is 5.21. The molecule has 1 N–H and O–H groups in total. The number of piperazine rings is 1. The van der Waals surface area contributed by atoms with E-state index in [1.807, 2.05) is 11.8 Å². The van der Waals surface area contributed by atoms with Crippen molar-refractivity contribution in [2.24, 2.45) is 0 Å². The molecule has 1 aliphatic heterocycles. The molecule has 0 spiro atoms. The highest BCUT2D eigenvalue weighted by Crippen LogP contribution is 2.18. The van der Waals surface area contributed by atoms with E-state index in [1.54, 1.807) is 12.1 Å². The summed E-state index contributed by atoms with van der Waals surface area (Å²) in [6.07, 6.45) is 0. The lowest BCUT2D eigenvalue weighted by atomic mass is 10.1. The van der Waals surface area contributed by atoms with Crippen LogP contribution in [-0.4, -0.2) is 89.7 Å². The normalized spacial score (nSPS) is 17.4. The number of benzene rings is 1. The van der Waals surface area contributed by atoms with Crippen LogP contribution >= 0.6 is 12.4 Å². The van der Waals surface area contributed by atoms with Crippen LogP contribution in [0.5, 0.6) is 0 Å². The van der Waals surface area contributed by atoms with E-state index in [0.717, 1.165) is 13.1 Å². The number of nitrogens with one attached hydrogen (secondary N) is 1. The van der Waals surface area contributed by atoms with E-state index >= 15 is 0 Å². The average molecular weight is 436 g/mol. The first kappa shape index (κ1) is 24.8.